The first-order valence-electron chi connectivity index (χ1n) is 6.94. The first-order chi connectivity index (χ1) is 8.06. The van der Waals surface area contributed by atoms with Gasteiger partial charge in [-0.15, -0.1) is 0 Å². The Hall–Kier alpha value is -0.820. The SMILES string of the molecule is CCC1CCCCC1(N)c1cc(C)cc(C)c1. The van der Waals surface area contributed by atoms with E-state index in [2.05, 4.69) is 39.0 Å². The van der Waals surface area contributed by atoms with Crippen molar-refractivity contribution in [3.05, 3.63) is 34.9 Å². The van der Waals surface area contributed by atoms with Crippen LogP contribution in [0.3, 0.4) is 0 Å². The maximum Gasteiger partial charge on any atom is 0.0438 e. The molecule has 2 atom stereocenters. The minimum Gasteiger partial charge on any atom is -0.321 e. The highest BCUT2D eigenvalue weighted by atomic mass is 14.8. The van der Waals surface area contributed by atoms with E-state index in [0.717, 1.165) is 6.42 Å². The van der Waals surface area contributed by atoms with Crippen molar-refractivity contribution in [2.24, 2.45) is 11.7 Å². The van der Waals surface area contributed by atoms with Crippen molar-refractivity contribution in [1.29, 1.82) is 0 Å². The Bertz CT molecular complexity index is 376. The van der Waals surface area contributed by atoms with Crippen LogP contribution in [0.15, 0.2) is 18.2 Å². The predicted octanol–water partition coefficient (Wildman–Crippen LogP) is 4.06. The van der Waals surface area contributed by atoms with Crippen LogP contribution in [0.25, 0.3) is 0 Å². The summed E-state index contributed by atoms with van der Waals surface area (Å²) < 4.78 is 0. The Morgan fingerprint density at radius 1 is 1.18 bits per heavy atom. The minimum atomic E-state index is -0.0796. The molecule has 1 aliphatic rings. The third-order valence-corrected chi connectivity index (χ3v) is 4.37. The van der Waals surface area contributed by atoms with Crippen LogP contribution in [0.5, 0.6) is 0 Å². The average molecular weight is 231 g/mol. The van der Waals surface area contributed by atoms with E-state index < -0.39 is 0 Å². The summed E-state index contributed by atoms with van der Waals surface area (Å²) in [7, 11) is 0. The third kappa shape index (κ3) is 2.40. The number of rotatable bonds is 2. The molecule has 0 spiro atoms. The molecule has 0 aromatic heterocycles. The van der Waals surface area contributed by atoms with Gasteiger partial charge >= 0.3 is 0 Å². The standard InChI is InChI=1S/C16H25N/c1-4-14-7-5-6-8-16(14,17)15-10-12(2)9-13(3)11-15/h9-11,14H,4-8,17H2,1-3H3. The Morgan fingerprint density at radius 2 is 1.82 bits per heavy atom. The molecule has 1 saturated carbocycles. The zero-order valence-electron chi connectivity index (χ0n) is 11.4. The van der Waals surface area contributed by atoms with Gasteiger partial charge in [0.15, 0.2) is 0 Å². The molecule has 2 unspecified atom stereocenters. The summed E-state index contributed by atoms with van der Waals surface area (Å²) >= 11 is 0. The zero-order chi connectivity index (χ0) is 12.5. The lowest BCUT2D eigenvalue weighted by Crippen LogP contribution is -2.46. The fourth-order valence-electron chi connectivity index (χ4n) is 3.46. The smallest absolute Gasteiger partial charge is 0.0438 e. The van der Waals surface area contributed by atoms with Gasteiger partial charge in [0.25, 0.3) is 0 Å². The summed E-state index contributed by atoms with van der Waals surface area (Å²) in [5.74, 6) is 0.650. The topological polar surface area (TPSA) is 26.0 Å². The van der Waals surface area contributed by atoms with Crippen LogP contribution < -0.4 is 5.73 Å². The van der Waals surface area contributed by atoms with Crippen LogP contribution in [0.2, 0.25) is 0 Å². The lowest BCUT2D eigenvalue weighted by Gasteiger charge is -2.42. The third-order valence-electron chi connectivity index (χ3n) is 4.37. The second kappa shape index (κ2) is 4.81. The maximum absolute atomic E-state index is 6.77. The van der Waals surface area contributed by atoms with Crippen LogP contribution in [-0.2, 0) is 5.54 Å². The van der Waals surface area contributed by atoms with Gasteiger partial charge in [-0.05, 0) is 38.2 Å². The first-order valence-corrected chi connectivity index (χ1v) is 6.94. The summed E-state index contributed by atoms with van der Waals surface area (Å²) in [6, 6.07) is 6.82. The van der Waals surface area contributed by atoms with E-state index in [0.29, 0.717) is 5.92 Å². The van der Waals surface area contributed by atoms with Gasteiger partial charge in [0, 0.05) is 5.54 Å². The molecule has 0 radical (unpaired) electrons. The Morgan fingerprint density at radius 3 is 2.41 bits per heavy atom. The van der Waals surface area contributed by atoms with Gasteiger partial charge in [-0.3, -0.25) is 0 Å². The predicted molar refractivity (Wildman–Crippen MR) is 74.0 cm³/mol. The fraction of sp³-hybridized carbons (Fsp3) is 0.625. The monoisotopic (exact) mass is 231 g/mol. The van der Waals surface area contributed by atoms with Crippen molar-refractivity contribution in [3.63, 3.8) is 0 Å². The molecule has 1 nitrogen and oxygen atoms in total. The van der Waals surface area contributed by atoms with Crippen LogP contribution in [0.1, 0.15) is 55.7 Å². The van der Waals surface area contributed by atoms with Gasteiger partial charge in [0.2, 0.25) is 0 Å². The summed E-state index contributed by atoms with van der Waals surface area (Å²) in [4.78, 5) is 0. The molecule has 1 heteroatoms. The molecule has 0 bridgehead atoms. The van der Waals surface area contributed by atoms with Crippen molar-refractivity contribution >= 4 is 0 Å². The van der Waals surface area contributed by atoms with Gasteiger partial charge < -0.3 is 5.73 Å². The van der Waals surface area contributed by atoms with Crippen LogP contribution in [0.4, 0.5) is 0 Å². The van der Waals surface area contributed by atoms with Gasteiger partial charge in [0.1, 0.15) is 0 Å². The van der Waals surface area contributed by atoms with Crippen LogP contribution >= 0.6 is 0 Å². The van der Waals surface area contributed by atoms with Gasteiger partial charge in [-0.1, -0.05) is 55.5 Å². The molecule has 1 aliphatic carbocycles. The Kier molecular flexibility index (Phi) is 3.58. The fourth-order valence-corrected chi connectivity index (χ4v) is 3.46. The Labute approximate surface area is 105 Å². The molecule has 2 rings (SSSR count). The minimum absolute atomic E-state index is 0.0796. The maximum atomic E-state index is 6.77. The molecule has 1 aromatic carbocycles. The molecule has 94 valence electrons. The first kappa shape index (κ1) is 12.6. The molecule has 1 fully saturated rings. The second-order valence-corrected chi connectivity index (χ2v) is 5.77. The quantitative estimate of drug-likeness (QED) is 0.816. The largest absolute Gasteiger partial charge is 0.321 e. The average Bonchev–Trinajstić information content (AvgIpc) is 2.28. The van der Waals surface area contributed by atoms with Gasteiger partial charge in [-0.25, -0.2) is 0 Å². The molecular formula is C16H25N. The highest BCUT2D eigenvalue weighted by Crippen LogP contribution is 2.41. The van der Waals surface area contributed by atoms with Crippen molar-refractivity contribution in [2.75, 3.05) is 0 Å². The van der Waals surface area contributed by atoms with E-state index in [9.17, 15) is 0 Å². The molecule has 2 N–H and O–H groups in total. The lowest BCUT2D eigenvalue weighted by molar-refractivity contribution is 0.184. The van der Waals surface area contributed by atoms with Crippen LogP contribution in [-0.4, -0.2) is 0 Å². The van der Waals surface area contributed by atoms with Gasteiger partial charge in [0.05, 0.1) is 0 Å². The van der Waals surface area contributed by atoms with Crippen molar-refractivity contribution in [2.45, 2.75) is 58.4 Å². The van der Waals surface area contributed by atoms with E-state index >= 15 is 0 Å². The van der Waals surface area contributed by atoms with E-state index in [1.807, 2.05) is 0 Å². The number of nitrogens with two attached hydrogens (primary N) is 1. The molecule has 0 saturated heterocycles. The molecule has 17 heavy (non-hydrogen) atoms. The second-order valence-electron chi connectivity index (χ2n) is 5.77. The van der Waals surface area contributed by atoms with Crippen molar-refractivity contribution < 1.29 is 0 Å². The van der Waals surface area contributed by atoms with Crippen molar-refractivity contribution in [1.82, 2.24) is 0 Å². The lowest BCUT2D eigenvalue weighted by atomic mass is 9.68. The van der Waals surface area contributed by atoms with Crippen molar-refractivity contribution in [3.8, 4) is 0 Å². The molecule has 0 heterocycles. The zero-order valence-corrected chi connectivity index (χ0v) is 11.4. The summed E-state index contributed by atoms with van der Waals surface area (Å²) in [6.45, 7) is 6.62. The summed E-state index contributed by atoms with van der Waals surface area (Å²) in [5.41, 5.74) is 10.7. The number of benzene rings is 1. The van der Waals surface area contributed by atoms with E-state index in [-0.39, 0.29) is 5.54 Å². The van der Waals surface area contributed by atoms with E-state index in [1.165, 1.54) is 42.4 Å². The summed E-state index contributed by atoms with van der Waals surface area (Å²) in [6.07, 6.45) is 6.26. The number of hydrogen-bond acceptors (Lipinski definition) is 1. The summed E-state index contributed by atoms with van der Waals surface area (Å²) in [5, 5.41) is 0. The highest BCUT2D eigenvalue weighted by Gasteiger charge is 2.37. The van der Waals surface area contributed by atoms with E-state index in [4.69, 9.17) is 5.73 Å². The normalized spacial score (nSPS) is 29.3. The van der Waals surface area contributed by atoms with Gasteiger partial charge in [-0.2, -0.15) is 0 Å². The van der Waals surface area contributed by atoms with Crippen LogP contribution in [0, 0.1) is 19.8 Å². The number of aryl methyl sites for hydroxylation is 2. The Balaban J connectivity index is 2.40. The van der Waals surface area contributed by atoms with E-state index in [1.54, 1.807) is 0 Å². The molecule has 1 aromatic rings. The molecule has 0 amide bonds. The molecular weight excluding hydrogens is 206 g/mol. The molecule has 0 aliphatic heterocycles. The number of hydrogen-bond donors (Lipinski definition) is 1. The highest BCUT2D eigenvalue weighted by molar-refractivity contribution is 5.34.